The lowest BCUT2D eigenvalue weighted by Gasteiger charge is -2.34. The molecule has 32 heteroatoms. The first-order valence-electron chi connectivity index (χ1n) is 43.9. The van der Waals surface area contributed by atoms with E-state index in [-0.39, 0.29) is 109 Å². The number of unbranched alkanes of at least 4 members (excludes halogenated alkanes) is 26. The molecule has 0 spiro atoms. The van der Waals surface area contributed by atoms with Crippen LogP contribution in [0.4, 0.5) is 0 Å². The lowest BCUT2D eigenvalue weighted by molar-refractivity contribution is -0.485. The van der Waals surface area contributed by atoms with Gasteiger partial charge < -0.3 is 66.0 Å². The van der Waals surface area contributed by atoms with Crippen molar-refractivity contribution in [3.63, 3.8) is 0 Å². The maximum atomic E-state index is 14.9. The molecule has 2 aromatic rings. The van der Waals surface area contributed by atoms with Crippen LogP contribution in [0.2, 0.25) is 0 Å². The van der Waals surface area contributed by atoms with Crippen molar-refractivity contribution >= 4 is 78.9 Å². The number of hydrogen-bond acceptors (Lipinski definition) is 20. The van der Waals surface area contributed by atoms with E-state index >= 15 is 0 Å². The first kappa shape index (κ1) is 102. The first-order chi connectivity index (χ1) is 56.9. The van der Waals surface area contributed by atoms with Gasteiger partial charge in [0, 0.05) is 58.3 Å². The zero-order valence-electron chi connectivity index (χ0n) is 70.8. The van der Waals surface area contributed by atoms with Gasteiger partial charge in [0.05, 0.1) is 37.3 Å². The van der Waals surface area contributed by atoms with Crippen molar-refractivity contribution in [3.8, 4) is 0 Å². The standard InChI is InChI=1S/C86H139N10O21P/c1-5-8-11-13-15-17-19-21-23-25-27-29-38-54-78(101)112-64-70(117-79(102)55-39-30-28-26-24-22-20-18-16-14-12-9-6-2)65-115-118(110,111)114-60-57-88-75(98)52-40-53-76(99)90-62-77(100)92-80(66(4)116-85(107)68-46-36-32-37-47-68)81(103)91-71(49-33-10-7-3)82(104)95-59-43-51-73(95)83(105)94-58-42-50-72(94)74(97)61-69(48-41-56-89-86(87)93-96(108)109)84(106)113-63-67-44-34-31-35-45-67/h31-32,34-37,44-47,66,69-73,80H,5-30,33,38-43,48-65H2,1-4H3,(H,88,98)(H,90,99)(H,91,103)(H,92,100)(H,110,111)(H3,87,89,93). The number of phosphoric acid groups is 1. The summed E-state index contributed by atoms with van der Waals surface area (Å²) >= 11 is 0. The summed E-state index contributed by atoms with van der Waals surface area (Å²) < 4.78 is 45.8. The average Bonchev–Trinajstić information content (AvgIpc) is 1.64. The molecule has 2 fully saturated rings. The van der Waals surface area contributed by atoms with Crippen molar-refractivity contribution in [2.45, 2.75) is 340 Å². The number of ether oxygens (including phenoxy) is 4. The fourth-order valence-electron chi connectivity index (χ4n) is 14.4. The van der Waals surface area contributed by atoms with Gasteiger partial charge in [-0.25, -0.2) is 19.5 Å². The number of Topliss-reactive ketones (excluding diaryl/α,β-unsaturated/α-hetero) is 1. The van der Waals surface area contributed by atoms with Crippen LogP contribution >= 0.6 is 7.82 Å². The number of hydrogen-bond donors (Lipinski definition) is 7. The number of nitrogens with zero attached hydrogens (tertiary/aromatic N) is 4. The molecule has 0 aliphatic carbocycles. The fourth-order valence-corrected chi connectivity index (χ4v) is 15.2. The number of ketones is 1. The number of carbonyl (C=O) groups is 11. The third-order valence-corrected chi connectivity index (χ3v) is 22.1. The maximum absolute atomic E-state index is 14.9. The number of esters is 4. The van der Waals surface area contributed by atoms with Crippen LogP contribution in [-0.4, -0.2) is 180 Å². The van der Waals surface area contributed by atoms with Gasteiger partial charge in [-0.1, -0.05) is 243 Å². The van der Waals surface area contributed by atoms with Crippen LogP contribution in [0.3, 0.4) is 0 Å². The SMILES string of the molecule is CCCCCCCCCCCCCCCC(=O)OCC(COP(=O)(O)OCCNC(=O)CCCC(=O)NCC(=O)NC(C(=O)NC(CCCCC)C(=O)N1CCCC1C(=O)N1CCCC1C(=O)CC(CCCN/C(N)=N\[N+](=O)[O-])C(=O)OCc1ccccc1)C(C)OC(=O)c1ccccc1)OC(=O)CCCCCCCCCCCCCCC. The second-order valence-corrected chi connectivity index (χ2v) is 32.5. The number of nitrogens with one attached hydrogen (secondary N) is 5. The number of carbonyl (C=O) groups excluding carboxylic acids is 11. The summed E-state index contributed by atoms with van der Waals surface area (Å²) in [5, 5.41) is 25.8. The fraction of sp³-hybridized carbons (Fsp3) is 0.721. The Morgan fingerprint density at radius 3 is 1.67 bits per heavy atom. The number of nitro groups is 1. The third kappa shape index (κ3) is 45.1. The van der Waals surface area contributed by atoms with E-state index in [0.29, 0.717) is 44.1 Å². The maximum Gasteiger partial charge on any atom is 0.472 e. The van der Waals surface area contributed by atoms with Gasteiger partial charge >= 0.3 is 31.7 Å². The molecule has 0 saturated carbocycles. The molecule has 2 heterocycles. The molecule has 8 N–H and O–H groups in total. The average molecular weight is 1680 g/mol. The number of likely N-dealkylation sites (tertiary alicyclic amines) is 2. The molecule has 2 aromatic carbocycles. The first-order valence-corrected chi connectivity index (χ1v) is 45.4. The largest absolute Gasteiger partial charge is 0.472 e. The van der Waals surface area contributed by atoms with Gasteiger partial charge in [0.15, 0.2) is 16.9 Å². The van der Waals surface area contributed by atoms with Crippen molar-refractivity contribution in [1.29, 1.82) is 0 Å². The summed E-state index contributed by atoms with van der Waals surface area (Å²) in [4.78, 5) is 176. The molecule has 0 aromatic heterocycles. The number of phosphoric ester groups is 1. The Morgan fingerprint density at radius 2 is 1.09 bits per heavy atom. The van der Waals surface area contributed by atoms with E-state index in [1.54, 1.807) is 42.5 Å². The van der Waals surface area contributed by atoms with Crippen molar-refractivity contribution in [1.82, 2.24) is 36.4 Å². The lowest BCUT2D eigenvalue weighted by Crippen LogP contribution is -2.60. The van der Waals surface area contributed by atoms with Gasteiger partial charge in [-0.2, -0.15) is 0 Å². The van der Waals surface area contributed by atoms with Gasteiger partial charge in [-0.05, 0) is 88.8 Å². The number of hydrazone groups is 1. The summed E-state index contributed by atoms with van der Waals surface area (Å²) in [6.07, 6.45) is 30.4. The minimum Gasteiger partial charge on any atom is -0.462 e. The number of nitrogens with two attached hydrogens (primary N) is 1. The third-order valence-electron chi connectivity index (χ3n) is 21.1. The topological polar surface area (TPSA) is 429 Å². The highest BCUT2D eigenvalue weighted by atomic mass is 31.2. The predicted octanol–water partition coefficient (Wildman–Crippen LogP) is 12.9. The summed E-state index contributed by atoms with van der Waals surface area (Å²) in [7, 11) is -4.80. The van der Waals surface area contributed by atoms with Gasteiger partial charge in [-0.3, -0.25) is 57.0 Å². The van der Waals surface area contributed by atoms with Crippen LogP contribution in [0.1, 0.15) is 313 Å². The molecule has 8 unspecified atom stereocenters. The molecular formula is C86H139N10O21P. The van der Waals surface area contributed by atoms with Crippen LogP contribution in [-0.2, 0) is 87.1 Å². The molecule has 6 amide bonds. The van der Waals surface area contributed by atoms with Crippen LogP contribution in [0.5, 0.6) is 0 Å². The molecule has 4 rings (SSSR count). The van der Waals surface area contributed by atoms with Crippen LogP contribution in [0, 0.1) is 16.0 Å². The Kier molecular flexibility index (Phi) is 53.4. The highest BCUT2D eigenvalue weighted by Gasteiger charge is 2.45. The Balaban J connectivity index is 1.30. The molecule has 8 atom stereocenters. The Bertz CT molecular complexity index is 3380. The van der Waals surface area contributed by atoms with E-state index in [1.807, 2.05) is 13.0 Å². The number of guanidine groups is 1. The van der Waals surface area contributed by atoms with Gasteiger partial charge in [0.2, 0.25) is 35.4 Å². The van der Waals surface area contributed by atoms with Crippen LogP contribution in [0.25, 0.3) is 0 Å². The quantitative estimate of drug-likeness (QED) is 0.00473. The molecule has 0 radical (unpaired) electrons. The van der Waals surface area contributed by atoms with E-state index in [2.05, 4.69) is 45.5 Å². The number of benzene rings is 2. The highest BCUT2D eigenvalue weighted by molar-refractivity contribution is 7.47. The van der Waals surface area contributed by atoms with Crippen molar-refractivity contribution in [2.75, 3.05) is 52.5 Å². The second kappa shape index (κ2) is 61.8. The van der Waals surface area contributed by atoms with Gasteiger partial charge in [0.1, 0.15) is 42.5 Å². The summed E-state index contributed by atoms with van der Waals surface area (Å²) in [6, 6.07) is 11.9. The van der Waals surface area contributed by atoms with Gasteiger partial charge in [-0.15, -0.1) is 0 Å². The minimum absolute atomic E-state index is 0.00411. The Hall–Kier alpha value is -8.41. The van der Waals surface area contributed by atoms with Crippen LogP contribution < -0.4 is 32.3 Å². The van der Waals surface area contributed by atoms with E-state index < -0.39 is 153 Å². The van der Waals surface area contributed by atoms with E-state index in [9.17, 15) is 72.3 Å². The van der Waals surface area contributed by atoms with Crippen molar-refractivity contribution < 1.29 is 95.2 Å². The zero-order chi connectivity index (χ0) is 86.0. The summed E-state index contributed by atoms with van der Waals surface area (Å²) in [5.41, 5.74) is 6.44. The lowest BCUT2D eigenvalue weighted by atomic mass is 9.93. The van der Waals surface area contributed by atoms with Crippen LogP contribution in [0.15, 0.2) is 65.8 Å². The molecule has 2 aliphatic heterocycles. The molecule has 118 heavy (non-hydrogen) atoms. The van der Waals surface area contributed by atoms with E-state index in [1.165, 1.54) is 132 Å². The molecule has 664 valence electrons. The monoisotopic (exact) mass is 1680 g/mol. The van der Waals surface area contributed by atoms with Crippen molar-refractivity contribution in [3.05, 3.63) is 81.9 Å². The summed E-state index contributed by atoms with van der Waals surface area (Å²) in [5.74, 6) is -8.43. The zero-order valence-corrected chi connectivity index (χ0v) is 71.7. The molecular weight excluding hydrogens is 1540 g/mol. The van der Waals surface area contributed by atoms with Crippen molar-refractivity contribution in [2.24, 2.45) is 16.8 Å². The highest BCUT2D eigenvalue weighted by Crippen LogP contribution is 2.43. The molecule has 2 saturated heterocycles. The number of rotatable bonds is 67. The normalized spacial score (nSPS) is 15.8. The van der Waals surface area contributed by atoms with Gasteiger partial charge in [0.25, 0.3) is 5.96 Å². The number of amides is 6. The van der Waals surface area contributed by atoms with E-state index in [4.69, 9.17) is 33.7 Å². The van der Waals surface area contributed by atoms with E-state index in [0.717, 1.165) is 57.8 Å². The smallest absolute Gasteiger partial charge is 0.462 e. The minimum atomic E-state index is -4.80. The summed E-state index contributed by atoms with van der Waals surface area (Å²) in [6.45, 7) is 5.68. The Morgan fingerprint density at radius 1 is 0.568 bits per heavy atom. The second-order valence-electron chi connectivity index (χ2n) is 31.1. The predicted molar refractivity (Wildman–Crippen MR) is 447 cm³/mol. The molecule has 31 nitrogen and oxygen atoms in total. The Labute approximate surface area is 698 Å². The molecule has 2 aliphatic rings. The molecule has 0 bridgehead atoms.